The molecule has 8 heteroatoms. The van der Waals surface area contributed by atoms with Crippen LogP contribution in [-0.2, 0) is 21.4 Å². The molecule has 1 aliphatic heterocycles. The maximum absolute atomic E-state index is 12.3. The van der Waals surface area contributed by atoms with Gasteiger partial charge in [0.25, 0.3) is 0 Å². The van der Waals surface area contributed by atoms with Crippen LogP contribution in [0.2, 0.25) is 0 Å². The third-order valence-electron chi connectivity index (χ3n) is 4.81. The molecule has 1 aliphatic rings. The van der Waals surface area contributed by atoms with Crippen LogP contribution in [0.25, 0.3) is 0 Å². The molecule has 156 valence electrons. The monoisotopic (exact) mass is 417 g/mol. The van der Waals surface area contributed by atoms with Gasteiger partial charge in [0.05, 0.1) is 7.11 Å². The van der Waals surface area contributed by atoms with Gasteiger partial charge in [-0.3, -0.25) is 9.52 Å². The van der Waals surface area contributed by atoms with Gasteiger partial charge in [0.1, 0.15) is 11.5 Å². The number of nitrogens with one attached hydrogen (secondary N) is 2. The summed E-state index contributed by atoms with van der Waals surface area (Å²) in [6, 6.07) is 14.5. The van der Waals surface area contributed by atoms with Crippen molar-refractivity contribution in [2.45, 2.75) is 25.8 Å². The van der Waals surface area contributed by atoms with Crippen LogP contribution in [0.4, 0.5) is 11.4 Å². The topological polar surface area (TPSA) is 87.7 Å². The van der Waals surface area contributed by atoms with Crippen LogP contribution in [0, 0.1) is 0 Å². The van der Waals surface area contributed by atoms with E-state index < -0.39 is 21.7 Å². The summed E-state index contributed by atoms with van der Waals surface area (Å²) in [5, 5.41) is 2.62. The summed E-state index contributed by atoms with van der Waals surface area (Å²) in [5.74, 6) is -0.519. The molecule has 1 heterocycles. The fraction of sp³-hybridized carbons (Fsp3) is 0.381. The van der Waals surface area contributed by atoms with Gasteiger partial charge in [0.15, 0.2) is 0 Å². The maximum atomic E-state index is 12.3. The number of piperidine rings is 1. The van der Waals surface area contributed by atoms with Gasteiger partial charge in [-0.1, -0.05) is 12.1 Å². The van der Waals surface area contributed by atoms with Gasteiger partial charge in [-0.05, 0) is 61.2 Å². The molecule has 0 aliphatic carbocycles. The number of carbonyl (C=O) groups is 1. The van der Waals surface area contributed by atoms with E-state index in [9.17, 15) is 13.2 Å². The van der Waals surface area contributed by atoms with E-state index in [0.717, 1.165) is 24.3 Å². The summed E-state index contributed by atoms with van der Waals surface area (Å²) in [6.45, 7) is 2.28. The van der Waals surface area contributed by atoms with Gasteiger partial charge in [0.2, 0.25) is 15.9 Å². The summed E-state index contributed by atoms with van der Waals surface area (Å²) < 4.78 is 32.2. The lowest BCUT2D eigenvalue weighted by atomic mass is 10.1. The molecule has 7 nitrogen and oxygen atoms in total. The van der Waals surface area contributed by atoms with E-state index in [2.05, 4.69) is 14.9 Å². The standard InChI is InChI=1S/C21H27N3O4S/c1-28-20-7-5-6-17(14-20)15-22-21(25)16-29(26,27)23-18-8-10-19(11-9-18)24-12-3-2-4-13-24/h5-11,14,23H,2-4,12-13,15-16H2,1H3,(H,22,25). The number of hydrogen-bond donors (Lipinski definition) is 2. The van der Waals surface area contributed by atoms with Crippen LogP contribution in [0.5, 0.6) is 5.75 Å². The van der Waals surface area contributed by atoms with Gasteiger partial charge in [-0.25, -0.2) is 8.42 Å². The second-order valence-corrected chi connectivity index (χ2v) is 8.81. The third-order valence-corrected chi connectivity index (χ3v) is 6.00. The number of rotatable bonds is 8. The lowest BCUT2D eigenvalue weighted by Gasteiger charge is -2.28. The Morgan fingerprint density at radius 3 is 2.48 bits per heavy atom. The predicted octanol–water partition coefficient (Wildman–Crippen LogP) is 2.74. The van der Waals surface area contributed by atoms with E-state index in [1.807, 2.05) is 24.3 Å². The van der Waals surface area contributed by atoms with E-state index in [1.165, 1.54) is 19.3 Å². The average Bonchev–Trinajstić information content (AvgIpc) is 2.73. The first-order valence-electron chi connectivity index (χ1n) is 9.70. The van der Waals surface area contributed by atoms with Crippen LogP contribution < -0.4 is 19.7 Å². The van der Waals surface area contributed by atoms with Crippen LogP contribution in [0.3, 0.4) is 0 Å². The minimum absolute atomic E-state index is 0.232. The van der Waals surface area contributed by atoms with Crippen molar-refractivity contribution >= 4 is 27.3 Å². The van der Waals surface area contributed by atoms with Crippen molar-refractivity contribution in [2.24, 2.45) is 0 Å². The predicted molar refractivity (Wildman–Crippen MR) is 115 cm³/mol. The quantitative estimate of drug-likeness (QED) is 0.690. The molecule has 0 aromatic heterocycles. The number of carbonyl (C=O) groups excluding carboxylic acids is 1. The van der Waals surface area contributed by atoms with Crippen molar-refractivity contribution in [1.82, 2.24) is 5.32 Å². The number of amides is 1. The number of ether oxygens (including phenoxy) is 1. The third kappa shape index (κ3) is 6.39. The van der Waals surface area contributed by atoms with Crippen LogP contribution in [-0.4, -0.2) is 40.3 Å². The normalized spacial score (nSPS) is 14.3. The van der Waals surface area contributed by atoms with Crippen molar-refractivity contribution in [3.63, 3.8) is 0 Å². The lowest BCUT2D eigenvalue weighted by molar-refractivity contribution is -0.118. The minimum Gasteiger partial charge on any atom is -0.497 e. The number of hydrogen-bond acceptors (Lipinski definition) is 5. The molecule has 29 heavy (non-hydrogen) atoms. The Hall–Kier alpha value is -2.74. The Bertz CT molecular complexity index is 923. The smallest absolute Gasteiger partial charge is 0.241 e. The molecule has 1 saturated heterocycles. The number of sulfonamides is 1. The lowest BCUT2D eigenvalue weighted by Crippen LogP contribution is -2.32. The van der Waals surface area contributed by atoms with Crippen molar-refractivity contribution in [2.75, 3.05) is 35.6 Å². The summed E-state index contributed by atoms with van der Waals surface area (Å²) in [7, 11) is -2.22. The van der Waals surface area contributed by atoms with E-state index in [4.69, 9.17) is 4.74 Å². The molecule has 3 rings (SSSR count). The Labute approximate surface area is 172 Å². The summed E-state index contributed by atoms with van der Waals surface area (Å²) in [4.78, 5) is 14.4. The van der Waals surface area contributed by atoms with Gasteiger partial charge >= 0.3 is 0 Å². The Morgan fingerprint density at radius 1 is 1.07 bits per heavy atom. The second-order valence-electron chi connectivity index (χ2n) is 7.08. The molecule has 2 aromatic carbocycles. The van der Waals surface area contributed by atoms with Crippen molar-refractivity contribution in [3.8, 4) is 5.75 Å². The molecular formula is C21H27N3O4S. The molecule has 1 amide bonds. The first kappa shape index (κ1) is 21.0. The van der Waals surface area contributed by atoms with Crippen LogP contribution >= 0.6 is 0 Å². The van der Waals surface area contributed by atoms with E-state index >= 15 is 0 Å². The molecule has 1 fully saturated rings. The van der Waals surface area contributed by atoms with Crippen molar-refractivity contribution in [3.05, 3.63) is 54.1 Å². The molecule has 0 unspecified atom stereocenters. The second kappa shape index (κ2) is 9.65. The fourth-order valence-electron chi connectivity index (χ4n) is 3.31. The molecule has 0 spiro atoms. The minimum atomic E-state index is -3.79. The largest absolute Gasteiger partial charge is 0.497 e. The van der Waals surface area contributed by atoms with Crippen LogP contribution in [0.15, 0.2) is 48.5 Å². The van der Waals surface area contributed by atoms with Crippen molar-refractivity contribution in [1.29, 1.82) is 0 Å². The number of methoxy groups -OCH3 is 1. The summed E-state index contributed by atoms with van der Waals surface area (Å²) in [6.07, 6.45) is 3.62. The molecule has 0 radical (unpaired) electrons. The zero-order chi connectivity index (χ0) is 20.7. The first-order valence-corrected chi connectivity index (χ1v) is 11.4. The Balaban J connectivity index is 1.51. The van der Waals surface area contributed by atoms with Gasteiger partial charge in [-0.2, -0.15) is 0 Å². The molecule has 0 bridgehead atoms. The SMILES string of the molecule is COc1cccc(CNC(=O)CS(=O)(=O)Nc2ccc(N3CCCCC3)cc2)c1. The van der Waals surface area contributed by atoms with Gasteiger partial charge in [-0.15, -0.1) is 0 Å². The highest BCUT2D eigenvalue weighted by molar-refractivity contribution is 7.93. The van der Waals surface area contributed by atoms with E-state index in [1.54, 1.807) is 31.4 Å². The molecular weight excluding hydrogens is 390 g/mol. The summed E-state index contributed by atoms with van der Waals surface area (Å²) in [5.41, 5.74) is 2.37. The highest BCUT2D eigenvalue weighted by Gasteiger charge is 2.17. The zero-order valence-electron chi connectivity index (χ0n) is 16.6. The average molecular weight is 418 g/mol. The zero-order valence-corrected chi connectivity index (χ0v) is 17.4. The Morgan fingerprint density at radius 2 is 1.79 bits per heavy atom. The number of anilines is 2. The van der Waals surface area contributed by atoms with Crippen LogP contribution in [0.1, 0.15) is 24.8 Å². The van der Waals surface area contributed by atoms with E-state index in [0.29, 0.717) is 11.4 Å². The maximum Gasteiger partial charge on any atom is 0.241 e. The molecule has 0 atom stereocenters. The van der Waals surface area contributed by atoms with Gasteiger partial charge < -0.3 is 15.0 Å². The first-order chi connectivity index (χ1) is 13.9. The summed E-state index contributed by atoms with van der Waals surface area (Å²) >= 11 is 0. The van der Waals surface area contributed by atoms with Crippen molar-refractivity contribution < 1.29 is 17.9 Å². The number of nitrogens with zero attached hydrogens (tertiary/aromatic N) is 1. The molecule has 2 aromatic rings. The highest BCUT2D eigenvalue weighted by atomic mass is 32.2. The molecule has 0 saturated carbocycles. The fourth-order valence-corrected chi connectivity index (χ4v) is 4.33. The Kier molecular flexibility index (Phi) is 6.98. The number of benzene rings is 2. The van der Waals surface area contributed by atoms with Gasteiger partial charge in [0, 0.05) is 31.0 Å². The van der Waals surface area contributed by atoms with E-state index in [-0.39, 0.29) is 6.54 Å². The highest BCUT2D eigenvalue weighted by Crippen LogP contribution is 2.22. The molecule has 2 N–H and O–H groups in total.